The molecule has 0 N–H and O–H groups in total. The highest BCUT2D eigenvalue weighted by molar-refractivity contribution is 5.84. The average molecular weight is 408 g/mol. The second-order valence-corrected chi connectivity index (χ2v) is 8.87. The van der Waals surface area contributed by atoms with Crippen LogP contribution in [0.3, 0.4) is 0 Å². The number of carbonyl (C=O) groups excluding carboxylic acids is 2. The zero-order valence-electron chi connectivity index (χ0n) is 17.6. The van der Waals surface area contributed by atoms with Crippen molar-refractivity contribution in [1.29, 1.82) is 0 Å². The molecule has 0 saturated carbocycles. The van der Waals surface area contributed by atoms with Gasteiger partial charge in [-0.2, -0.15) is 0 Å². The number of hydrogen-bond donors (Lipinski definition) is 0. The zero-order valence-corrected chi connectivity index (χ0v) is 17.6. The predicted molar refractivity (Wildman–Crippen MR) is 108 cm³/mol. The van der Waals surface area contributed by atoms with E-state index >= 15 is 0 Å². The molecule has 6 nitrogen and oxygen atoms in total. The van der Waals surface area contributed by atoms with E-state index in [1.165, 1.54) is 0 Å². The Balaban J connectivity index is 1.31. The third-order valence-corrected chi connectivity index (χ3v) is 7.10. The number of ether oxygens (including phenoxy) is 1. The Morgan fingerprint density at radius 2 is 1.83 bits per heavy atom. The van der Waals surface area contributed by atoms with Gasteiger partial charge in [0.15, 0.2) is 0 Å². The smallest absolute Gasteiger partial charge is 0.409 e. The SMILES string of the molecule is CCOC(=O)N1CCCC(N2CCC(N3C(=O)CC4=C3CCC(F)C4)CC2)CC1. The Morgan fingerprint density at radius 1 is 1.07 bits per heavy atom. The first kappa shape index (κ1) is 20.6. The summed E-state index contributed by atoms with van der Waals surface area (Å²) in [6.07, 6.45) is 6.27. The number of carbonyl (C=O) groups is 2. The molecular formula is C22H34FN3O3. The van der Waals surface area contributed by atoms with E-state index in [1.54, 1.807) is 0 Å². The molecule has 29 heavy (non-hydrogen) atoms. The quantitative estimate of drug-likeness (QED) is 0.719. The molecule has 162 valence electrons. The molecule has 0 bridgehead atoms. The van der Waals surface area contributed by atoms with E-state index < -0.39 is 6.17 Å². The number of hydrogen-bond acceptors (Lipinski definition) is 4. The van der Waals surface area contributed by atoms with Crippen LogP contribution in [-0.4, -0.2) is 77.7 Å². The Labute approximate surface area is 173 Å². The van der Waals surface area contributed by atoms with Crippen molar-refractivity contribution in [2.45, 2.75) is 83.0 Å². The maximum atomic E-state index is 13.7. The third-order valence-electron chi connectivity index (χ3n) is 7.10. The van der Waals surface area contributed by atoms with Crippen LogP contribution in [0, 0.1) is 0 Å². The number of likely N-dealkylation sites (tertiary alicyclic amines) is 2. The Morgan fingerprint density at radius 3 is 2.59 bits per heavy atom. The van der Waals surface area contributed by atoms with E-state index in [-0.39, 0.29) is 18.0 Å². The van der Waals surface area contributed by atoms with E-state index in [9.17, 15) is 14.0 Å². The molecule has 3 heterocycles. The van der Waals surface area contributed by atoms with Crippen molar-refractivity contribution in [3.63, 3.8) is 0 Å². The topological polar surface area (TPSA) is 53.1 Å². The summed E-state index contributed by atoms with van der Waals surface area (Å²) in [7, 11) is 0. The molecule has 2 fully saturated rings. The lowest BCUT2D eigenvalue weighted by molar-refractivity contribution is -0.130. The van der Waals surface area contributed by atoms with Crippen molar-refractivity contribution >= 4 is 12.0 Å². The van der Waals surface area contributed by atoms with E-state index in [2.05, 4.69) is 4.90 Å². The number of piperidine rings is 1. The number of nitrogens with zero attached hydrogens (tertiary/aromatic N) is 3. The fourth-order valence-electron chi connectivity index (χ4n) is 5.62. The summed E-state index contributed by atoms with van der Waals surface area (Å²) in [5, 5.41) is 0. The Bertz CT molecular complexity index is 660. The molecule has 2 atom stereocenters. The van der Waals surface area contributed by atoms with Gasteiger partial charge in [0.1, 0.15) is 6.17 Å². The molecule has 0 radical (unpaired) electrons. The molecule has 3 aliphatic heterocycles. The molecule has 0 spiro atoms. The van der Waals surface area contributed by atoms with Gasteiger partial charge in [-0.25, -0.2) is 9.18 Å². The van der Waals surface area contributed by atoms with Crippen molar-refractivity contribution in [1.82, 2.24) is 14.7 Å². The second-order valence-electron chi connectivity index (χ2n) is 8.87. The van der Waals surface area contributed by atoms with Crippen LogP contribution < -0.4 is 0 Å². The molecule has 7 heteroatoms. The van der Waals surface area contributed by atoms with Crippen LogP contribution in [0.4, 0.5) is 9.18 Å². The van der Waals surface area contributed by atoms with Crippen LogP contribution in [0.1, 0.15) is 64.7 Å². The molecular weight excluding hydrogens is 373 g/mol. The van der Waals surface area contributed by atoms with Crippen LogP contribution in [0.25, 0.3) is 0 Å². The van der Waals surface area contributed by atoms with E-state index in [0.717, 1.165) is 76.0 Å². The second kappa shape index (κ2) is 9.02. The van der Waals surface area contributed by atoms with Gasteiger partial charge in [0.05, 0.1) is 13.0 Å². The van der Waals surface area contributed by atoms with Gasteiger partial charge in [-0.1, -0.05) is 0 Å². The van der Waals surface area contributed by atoms with E-state index in [4.69, 9.17) is 4.74 Å². The van der Waals surface area contributed by atoms with Crippen molar-refractivity contribution in [2.75, 3.05) is 32.8 Å². The van der Waals surface area contributed by atoms with E-state index in [0.29, 0.717) is 31.9 Å². The molecule has 0 aromatic heterocycles. The lowest BCUT2D eigenvalue weighted by Gasteiger charge is -2.41. The Hall–Kier alpha value is -1.63. The van der Waals surface area contributed by atoms with Crippen molar-refractivity contribution in [3.05, 3.63) is 11.3 Å². The number of alkyl halides is 1. The maximum Gasteiger partial charge on any atom is 0.409 e. The molecule has 4 rings (SSSR count). The summed E-state index contributed by atoms with van der Waals surface area (Å²) >= 11 is 0. The van der Waals surface area contributed by atoms with Gasteiger partial charge in [0.2, 0.25) is 5.91 Å². The van der Waals surface area contributed by atoms with Crippen LogP contribution in [0.5, 0.6) is 0 Å². The zero-order chi connectivity index (χ0) is 20.4. The first-order valence-corrected chi connectivity index (χ1v) is 11.4. The van der Waals surface area contributed by atoms with Crippen molar-refractivity contribution < 1.29 is 18.7 Å². The monoisotopic (exact) mass is 407 g/mol. The molecule has 2 unspecified atom stereocenters. The average Bonchev–Trinajstić information content (AvgIpc) is 2.88. The third kappa shape index (κ3) is 4.44. The van der Waals surface area contributed by atoms with Crippen LogP contribution in [0.2, 0.25) is 0 Å². The molecule has 2 amide bonds. The minimum absolute atomic E-state index is 0.182. The highest BCUT2D eigenvalue weighted by Crippen LogP contribution is 2.39. The first-order chi connectivity index (χ1) is 14.1. The fourth-order valence-corrected chi connectivity index (χ4v) is 5.62. The number of rotatable bonds is 3. The lowest BCUT2D eigenvalue weighted by Crippen LogP contribution is -2.48. The van der Waals surface area contributed by atoms with Gasteiger partial charge in [-0.3, -0.25) is 4.79 Å². The van der Waals surface area contributed by atoms with Crippen molar-refractivity contribution in [2.24, 2.45) is 0 Å². The molecule has 4 aliphatic rings. The van der Waals surface area contributed by atoms with Crippen LogP contribution in [-0.2, 0) is 9.53 Å². The highest BCUT2D eigenvalue weighted by Gasteiger charge is 2.39. The highest BCUT2D eigenvalue weighted by atomic mass is 19.1. The number of halogens is 1. The molecule has 0 aromatic carbocycles. The summed E-state index contributed by atoms with van der Waals surface area (Å²) in [6.45, 7) is 5.79. The normalized spacial score (nSPS) is 29.8. The van der Waals surface area contributed by atoms with Gasteiger partial charge >= 0.3 is 6.09 Å². The van der Waals surface area contributed by atoms with Crippen LogP contribution >= 0.6 is 0 Å². The van der Waals surface area contributed by atoms with Gasteiger partial charge in [-0.05, 0) is 57.4 Å². The van der Waals surface area contributed by atoms with Crippen LogP contribution in [0.15, 0.2) is 11.3 Å². The minimum Gasteiger partial charge on any atom is -0.450 e. The summed E-state index contributed by atoms with van der Waals surface area (Å²) in [4.78, 5) is 31.1. The largest absolute Gasteiger partial charge is 0.450 e. The molecule has 2 saturated heterocycles. The predicted octanol–water partition coefficient (Wildman–Crippen LogP) is 3.47. The summed E-state index contributed by atoms with van der Waals surface area (Å²) in [5.74, 6) is 0.182. The molecule has 0 aromatic rings. The summed E-state index contributed by atoms with van der Waals surface area (Å²) in [5.41, 5.74) is 2.20. The minimum atomic E-state index is -0.771. The van der Waals surface area contributed by atoms with Gasteiger partial charge in [0, 0.05) is 50.4 Å². The van der Waals surface area contributed by atoms with Gasteiger partial charge in [0.25, 0.3) is 0 Å². The summed E-state index contributed by atoms with van der Waals surface area (Å²) < 4.78 is 18.9. The Kier molecular flexibility index (Phi) is 6.42. The summed E-state index contributed by atoms with van der Waals surface area (Å²) in [6, 6.07) is 0.769. The van der Waals surface area contributed by atoms with Gasteiger partial charge < -0.3 is 19.4 Å². The standard InChI is InChI=1S/C22H34FN3O3/c1-2-29-22(28)25-10-3-4-18(7-13-25)24-11-8-19(9-12-24)26-20-6-5-17(23)14-16(20)15-21(26)27/h17-19H,2-15H2,1H3. The number of amides is 2. The first-order valence-electron chi connectivity index (χ1n) is 11.4. The fraction of sp³-hybridized carbons (Fsp3) is 0.818. The molecule has 1 aliphatic carbocycles. The lowest BCUT2D eigenvalue weighted by atomic mass is 9.94. The van der Waals surface area contributed by atoms with Gasteiger partial charge in [-0.15, -0.1) is 0 Å². The van der Waals surface area contributed by atoms with Crippen molar-refractivity contribution in [3.8, 4) is 0 Å². The van der Waals surface area contributed by atoms with E-state index in [1.807, 2.05) is 16.7 Å². The number of allylic oxidation sites excluding steroid dienone is 1. The maximum absolute atomic E-state index is 13.7.